The minimum absolute atomic E-state index is 0.00348. The quantitative estimate of drug-likeness (QED) is 0.206. The van der Waals surface area contributed by atoms with Crippen LogP contribution in [-0.2, 0) is 9.53 Å². The third-order valence-corrected chi connectivity index (χ3v) is 4.79. The van der Waals surface area contributed by atoms with Crippen molar-refractivity contribution in [1.29, 1.82) is 0 Å². The molecule has 0 bridgehead atoms. The molecule has 0 spiro atoms. The van der Waals surface area contributed by atoms with Gasteiger partial charge in [0.05, 0.1) is 10.5 Å². The zero-order chi connectivity index (χ0) is 20.4. The first kappa shape index (κ1) is 21.2. The molecule has 28 heavy (non-hydrogen) atoms. The Morgan fingerprint density at radius 2 is 1.93 bits per heavy atom. The summed E-state index contributed by atoms with van der Waals surface area (Å²) >= 11 is 1.70. The monoisotopic (exact) mass is 403 g/mol. The Morgan fingerprint density at radius 3 is 2.61 bits per heavy atom. The standard InChI is InChI=1S/C19H21N3O5S/c1-20-17-9-8-14(22(25)26)12-16(17)19(24)27-13-18(23)21-10-5-11-28-15-6-3-2-4-7-15/h2-4,6-9,12,20H,5,10-11,13H2,1H3,(H,21,23). The summed E-state index contributed by atoms with van der Waals surface area (Å²) in [7, 11) is 1.58. The second-order valence-corrected chi connectivity index (χ2v) is 6.85. The van der Waals surface area contributed by atoms with Crippen LogP contribution in [0.4, 0.5) is 11.4 Å². The number of carbonyl (C=O) groups is 2. The topological polar surface area (TPSA) is 111 Å². The van der Waals surface area contributed by atoms with Crippen LogP contribution in [-0.4, -0.2) is 42.8 Å². The highest BCUT2D eigenvalue weighted by Crippen LogP contribution is 2.22. The van der Waals surface area contributed by atoms with Crippen LogP contribution in [0.15, 0.2) is 53.4 Å². The minimum atomic E-state index is -0.803. The van der Waals surface area contributed by atoms with E-state index in [2.05, 4.69) is 10.6 Å². The molecule has 0 radical (unpaired) electrons. The lowest BCUT2D eigenvalue weighted by Crippen LogP contribution is -2.30. The van der Waals surface area contributed by atoms with Gasteiger partial charge in [-0.05, 0) is 30.4 Å². The first-order valence-electron chi connectivity index (χ1n) is 8.59. The lowest BCUT2D eigenvalue weighted by Gasteiger charge is -2.09. The third kappa shape index (κ3) is 6.58. The molecule has 2 rings (SSSR count). The zero-order valence-corrected chi connectivity index (χ0v) is 16.2. The number of non-ortho nitro benzene ring substituents is 1. The Balaban J connectivity index is 1.74. The molecular weight excluding hydrogens is 382 g/mol. The van der Waals surface area contributed by atoms with E-state index < -0.39 is 23.4 Å². The highest BCUT2D eigenvalue weighted by atomic mass is 32.2. The molecule has 0 fully saturated rings. The Hall–Kier alpha value is -3.07. The number of hydrogen-bond donors (Lipinski definition) is 2. The number of esters is 1. The molecule has 2 N–H and O–H groups in total. The molecule has 0 aromatic heterocycles. The number of amides is 1. The van der Waals surface area contributed by atoms with Crippen LogP contribution < -0.4 is 10.6 Å². The Kier molecular flexibility index (Phi) is 8.29. The van der Waals surface area contributed by atoms with Crippen LogP contribution in [0, 0.1) is 10.1 Å². The lowest BCUT2D eigenvalue weighted by atomic mass is 10.1. The minimum Gasteiger partial charge on any atom is -0.452 e. The normalized spacial score (nSPS) is 10.2. The van der Waals surface area contributed by atoms with Crippen molar-refractivity contribution in [3.05, 3.63) is 64.2 Å². The van der Waals surface area contributed by atoms with E-state index in [4.69, 9.17) is 4.74 Å². The first-order valence-corrected chi connectivity index (χ1v) is 9.57. The summed E-state index contributed by atoms with van der Waals surface area (Å²) in [6.07, 6.45) is 0.772. The maximum absolute atomic E-state index is 12.2. The molecular formula is C19H21N3O5S. The molecule has 1 amide bonds. The summed E-state index contributed by atoms with van der Waals surface area (Å²) in [6, 6.07) is 13.8. The molecule has 2 aromatic carbocycles. The van der Waals surface area contributed by atoms with Crippen molar-refractivity contribution in [2.45, 2.75) is 11.3 Å². The number of nitro groups is 1. The van der Waals surface area contributed by atoms with Gasteiger partial charge in [-0.1, -0.05) is 18.2 Å². The Labute approximate surface area is 166 Å². The van der Waals surface area contributed by atoms with E-state index in [1.807, 2.05) is 30.3 Å². The number of rotatable bonds is 10. The van der Waals surface area contributed by atoms with Gasteiger partial charge in [0.2, 0.25) is 0 Å². The number of nitrogens with zero attached hydrogens (tertiary/aromatic N) is 1. The van der Waals surface area contributed by atoms with E-state index in [9.17, 15) is 19.7 Å². The van der Waals surface area contributed by atoms with Crippen LogP contribution in [0.5, 0.6) is 0 Å². The Morgan fingerprint density at radius 1 is 1.18 bits per heavy atom. The number of hydrogen-bond acceptors (Lipinski definition) is 7. The van der Waals surface area contributed by atoms with Gasteiger partial charge in [-0.3, -0.25) is 14.9 Å². The fourth-order valence-electron chi connectivity index (χ4n) is 2.30. The van der Waals surface area contributed by atoms with Crippen molar-refractivity contribution in [2.75, 3.05) is 31.3 Å². The number of carbonyl (C=O) groups excluding carboxylic acids is 2. The summed E-state index contributed by atoms with van der Waals surface area (Å²) in [4.78, 5) is 35.4. The number of benzene rings is 2. The van der Waals surface area contributed by atoms with Crippen molar-refractivity contribution >= 4 is 35.0 Å². The van der Waals surface area contributed by atoms with Gasteiger partial charge < -0.3 is 15.4 Å². The van der Waals surface area contributed by atoms with E-state index >= 15 is 0 Å². The molecule has 0 aliphatic rings. The van der Waals surface area contributed by atoms with Crippen LogP contribution in [0.3, 0.4) is 0 Å². The van der Waals surface area contributed by atoms with E-state index in [0.717, 1.165) is 18.2 Å². The fourth-order valence-corrected chi connectivity index (χ4v) is 3.17. The van der Waals surface area contributed by atoms with Gasteiger partial charge in [-0.15, -0.1) is 11.8 Å². The second-order valence-electron chi connectivity index (χ2n) is 5.68. The van der Waals surface area contributed by atoms with Gasteiger partial charge in [0.1, 0.15) is 0 Å². The van der Waals surface area contributed by atoms with Crippen LogP contribution >= 0.6 is 11.8 Å². The molecule has 0 saturated heterocycles. The number of thioether (sulfide) groups is 1. The molecule has 2 aromatic rings. The van der Waals surface area contributed by atoms with Crippen molar-refractivity contribution in [1.82, 2.24) is 5.32 Å². The van der Waals surface area contributed by atoms with E-state index in [0.29, 0.717) is 12.2 Å². The van der Waals surface area contributed by atoms with E-state index in [1.54, 1.807) is 18.8 Å². The molecule has 0 aliphatic carbocycles. The maximum atomic E-state index is 12.2. The van der Waals surface area contributed by atoms with Gasteiger partial charge in [-0.2, -0.15) is 0 Å². The predicted octanol–water partition coefficient (Wildman–Crippen LogP) is 3.09. The maximum Gasteiger partial charge on any atom is 0.341 e. The van der Waals surface area contributed by atoms with Crippen LogP contribution in [0.25, 0.3) is 0 Å². The summed E-state index contributed by atoms with van der Waals surface area (Å²) in [5.41, 5.74) is 0.157. The van der Waals surface area contributed by atoms with E-state index in [1.165, 1.54) is 17.0 Å². The third-order valence-electron chi connectivity index (χ3n) is 3.69. The molecule has 8 nitrogen and oxygen atoms in total. The van der Waals surface area contributed by atoms with Crippen molar-refractivity contribution < 1.29 is 19.2 Å². The van der Waals surface area contributed by atoms with Crippen LogP contribution in [0.2, 0.25) is 0 Å². The smallest absolute Gasteiger partial charge is 0.341 e. The highest BCUT2D eigenvalue weighted by Gasteiger charge is 2.18. The molecule has 0 unspecified atom stereocenters. The molecule has 0 heterocycles. The zero-order valence-electron chi connectivity index (χ0n) is 15.3. The number of anilines is 1. The molecule has 0 atom stereocenters. The summed E-state index contributed by atoms with van der Waals surface area (Å²) in [5, 5.41) is 16.3. The predicted molar refractivity (Wildman–Crippen MR) is 108 cm³/mol. The fraction of sp³-hybridized carbons (Fsp3) is 0.263. The number of ether oxygens (including phenoxy) is 1. The lowest BCUT2D eigenvalue weighted by molar-refractivity contribution is -0.384. The highest BCUT2D eigenvalue weighted by molar-refractivity contribution is 7.99. The van der Waals surface area contributed by atoms with Gasteiger partial charge >= 0.3 is 5.97 Å². The van der Waals surface area contributed by atoms with Crippen LogP contribution in [0.1, 0.15) is 16.8 Å². The Bertz CT molecular complexity index is 830. The van der Waals surface area contributed by atoms with Gasteiger partial charge in [0, 0.05) is 36.3 Å². The summed E-state index contributed by atoms with van der Waals surface area (Å²) in [5.74, 6) is -0.374. The summed E-state index contributed by atoms with van der Waals surface area (Å²) in [6.45, 7) is 0.0191. The second kappa shape index (κ2) is 10.9. The SMILES string of the molecule is CNc1ccc([N+](=O)[O-])cc1C(=O)OCC(=O)NCCCSc1ccccc1. The molecule has 148 valence electrons. The average Bonchev–Trinajstić information content (AvgIpc) is 2.71. The largest absolute Gasteiger partial charge is 0.452 e. The van der Waals surface area contributed by atoms with Gasteiger partial charge in [0.15, 0.2) is 6.61 Å². The molecule has 9 heteroatoms. The molecule has 0 saturated carbocycles. The summed E-state index contributed by atoms with van der Waals surface area (Å²) < 4.78 is 4.97. The van der Waals surface area contributed by atoms with E-state index in [-0.39, 0.29) is 11.3 Å². The van der Waals surface area contributed by atoms with Crippen molar-refractivity contribution in [2.24, 2.45) is 0 Å². The number of nitro benzene ring substituents is 1. The number of nitrogens with one attached hydrogen (secondary N) is 2. The van der Waals surface area contributed by atoms with Crippen molar-refractivity contribution in [3.63, 3.8) is 0 Å². The van der Waals surface area contributed by atoms with Gasteiger partial charge in [0.25, 0.3) is 11.6 Å². The average molecular weight is 403 g/mol. The molecule has 0 aliphatic heterocycles. The van der Waals surface area contributed by atoms with Crippen molar-refractivity contribution in [3.8, 4) is 0 Å². The van der Waals surface area contributed by atoms with Gasteiger partial charge in [-0.25, -0.2) is 4.79 Å². The first-order chi connectivity index (χ1) is 13.5.